The molecule has 2 aromatic rings. The van der Waals surface area contributed by atoms with Crippen LogP contribution in [0.1, 0.15) is 15.9 Å². The summed E-state index contributed by atoms with van der Waals surface area (Å²) in [4.78, 5) is 24.6. The van der Waals surface area contributed by atoms with E-state index in [4.69, 9.17) is 0 Å². The van der Waals surface area contributed by atoms with E-state index in [0.717, 1.165) is 23.8 Å². The lowest BCUT2D eigenvalue weighted by atomic mass is 10.1. The number of nitrogens with zero attached hydrogens (tertiary/aromatic N) is 1. The number of amides is 1. The number of carbonyl (C=O) groups is 1. The molecule has 1 heterocycles. The molecule has 0 aliphatic carbocycles. The molecule has 0 spiro atoms. The Bertz CT molecular complexity index is 611. The van der Waals surface area contributed by atoms with Crippen molar-refractivity contribution in [1.29, 1.82) is 0 Å². The second kappa shape index (κ2) is 5.30. The van der Waals surface area contributed by atoms with Crippen LogP contribution in [0.4, 0.5) is 10.1 Å². The molecule has 98 valence electrons. The zero-order valence-electron chi connectivity index (χ0n) is 9.72. The summed E-state index contributed by atoms with van der Waals surface area (Å²) in [5.74, 6) is -1.37. The fourth-order valence-corrected chi connectivity index (χ4v) is 1.59. The van der Waals surface area contributed by atoms with Crippen LogP contribution in [0.5, 0.6) is 0 Å². The zero-order valence-corrected chi connectivity index (χ0v) is 9.72. The van der Waals surface area contributed by atoms with Crippen molar-refractivity contribution in [3.05, 3.63) is 63.7 Å². The van der Waals surface area contributed by atoms with Crippen LogP contribution in [-0.2, 0) is 6.54 Å². The number of nitro groups is 1. The van der Waals surface area contributed by atoms with Crippen LogP contribution in [-0.4, -0.2) is 15.8 Å². The van der Waals surface area contributed by atoms with Gasteiger partial charge in [0, 0.05) is 18.9 Å². The highest BCUT2D eigenvalue weighted by Gasteiger charge is 2.20. The third-order valence-corrected chi connectivity index (χ3v) is 2.52. The standard InChI is InChI=1S/C12H10FN3O3/c13-9-1-2-10(11(5-9)16(18)19)12(17)15-7-8-3-4-14-6-8/h1-6,14H,7H2,(H,15,17). The van der Waals surface area contributed by atoms with Crippen molar-refractivity contribution in [3.8, 4) is 0 Å². The summed E-state index contributed by atoms with van der Waals surface area (Å²) in [5, 5.41) is 13.3. The van der Waals surface area contributed by atoms with E-state index in [2.05, 4.69) is 10.3 Å². The minimum Gasteiger partial charge on any atom is -0.367 e. The van der Waals surface area contributed by atoms with E-state index in [-0.39, 0.29) is 12.1 Å². The number of hydrogen-bond donors (Lipinski definition) is 2. The molecule has 19 heavy (non-hydrogen) atoms. The molecule has 0 bridgehead atoms. The number of aromatic nitrogens is 1. The minimum absolute atomic E-state index is 0.165. The molecule has 1 amide bonds. The first kappa shape index (κ1) is 12.7. The number of halogens is 1. The smallest absolute Gasteiger partial charge is 0.285 e. The number of benzene rings is 1. The molecular formula is C12H10FN3O3. The van der Waals surface area contributed by atoms with Crippen LogP contribution >= 0.6 is 0 Å². The normalized spacial score (nSPS) is 10.2. The van der Waals surface area contributed by atoms with Crippen molar-refractivity contribution in [3.63, 3.8) is 0 Å². The van der Waals surface area contributed by atoms with Gasteiger partial charge in [0.05, 0.1) is 11.0 Å². The Labute approximate surface area is 107 Å². The molecular weight excluding hydrogens is 253 g/mol. The molecule has 0 aliphatic heterocycles. The highest BCUT2D eigenvalue weighted by atomic mass is 19.1. The number of nitro benzene ring substituents is 1. The molecule has 0 aliphatic rings. The van der Waals surface area contributed by atoms with Crippen LogP contribution < -0.4 is 5.32 Å². The molecule has 0 atom stereocenters. The van der Waals surface area contributed by atoms with Gasteiger partial charge >= 0.3 is 0 Å². The van der Waals surface area contributed by atoms with Gasteiger partial charge in [0.15, 0.2) is 0 Å². The number of hydrogen-bond acceptors (Lipinski definition) is 3. The molecule has 0 saturated carbocycles. The van der Waals surface area contributed by atoms with E-state index in [9.17, 15) is 19.3 Å². The van der Waals surface area contributed by atoms with Crippen molar-refractivity contribution >= 4 is 11.6 Å². The third-order valence-electron chi connectivity index (χ3n) is 2.52. The number of nitrogens with one attached hydrogen (secondary N) is 2. The Morgan fingerprint density at radius 3 is 2.84 bits per heavy atom. The van der Waals surface area contributed by atoms with Gasteiger partial charge in [-0.1, -0.05) is 0 Å². The Morgan fingerprint density at radius 2 is 2.21 bits per heavy atom. The van der Waals surface area contributed by atoms with Crippen molar-refractivity contribution in [2.45, 2.75) is 6.54 Å². The predicted octanol–water partition coefficient (Wildman–Crippen LogP) is 1.99. The SMILES string of the molecule is O=C(NCc1cc[nH]c1)c1ccc(F)cc1[N+](=O)[O-]. The van der Waals surface area contributed by atoms with Crippen LogP contribution in [0, 0.1) is 15.9 Å². The molecule has 0 radical (unpaired) electrons. The minimum atomic E-state index is -0.783. The number of aromatic amines is 1. The lowest BCUT2D eigenvalue weighted by Crippen LogP contribution is -2.23. The molecule has 0 unspecified atom stereocenters. The number of H-pyrrole nitrogens is 1. The van der Waals surface area contributed by atoms with E-state index >= 15 is 0 Å². The lowest BCUT2D eigenvalue weighted by Gasteiger charge is -2.04. The summed E-state index contributed by atoms with van der Waals surface area (Å²) in [5.41, 5.74) is 0.117. The fraction of sp³-hybridized carbons (Fsp3) is 0.0833. The maximum Gasteiger partial charge on any atom is 0.285 e. The van der Waals surface area contributed by atoms with Gasteiger partial charge in [-0.25, -0.2) is 4.39 Å². The molecule has 7 heteroatoms. The van der Waals surface area contributed by atoms with Gasteiger partial charge in [-0.15, -0.1) is 0 Å². The first-order valence-corrected chi connectivity index (χ1v) is 5.42. The van der Waals surface area contributed by atoms with Crippen molar-refractivity contribution in [2.75, 3.05) is 0 Å². The fourth-order valence-electron chi connectivity index (χ4n) is 1.59. The van der Waals surface area contributed by atoms with Gasteiger partial charge in [-0.05, 0) is 23.8 Å². The summed E-state index contributed by atoms with van der Waals surface area (Å²) >= 11 is 0. The second-order valence-corrected chi connectivity index (χ2v) is 3.82. The molecule has 0 saturated heterocycles. The van der Waals surface area contributed by atoms with E-state index in [1.165, 1.54) is 0 Å². The molecule has 6 nitrogen and oxygen atoms in total. The van der Waals surface area contributed by atoms with Gasteiger partial charge in [-0.2, -0.15) is 0 Å². The maximum absolute atomic E-state index is 12.9. The Morgan fingerprint density at radius 1 is 1.42 bits per heavy atom. The van der Waals surface area contributed by atoms with Gasteiger partial charge in [0.1, 0.15) is 11.4 Å². The average molecular weight is 263 g/mol. The van der Waals surface area contributed by atoms with Crippen molar-refractivity contribution < 1.29 is 14.1 Å². The quantitative estimate of drug-likeness (QED) is 0.653. The zero-order chi connectivity index (χ0) is 13.8. The van der Waals surface area contributed by atoms with Crippen LogP contribution in [0.3, 0.4) is 0 Å². The van der Waals surface area contributed by atoms with Gasteiger partial charge in [0.25, 0.3) is 11.6 Å². The second-order valence-electron chi connectivity index (χ2n) is 3.82. The van der Waals surface area contributed by atoms with Gasteiger partial charge in [-0.3, -0.25) is 14.9 Å². The summed E-state index contributed by atoms with van der Waals surface area (Å²) in [6.07, 6.45) is 3.39. The highest BCUT2D eigenvalue weighted by Crippen LogP contribution is 2.19. The third kappa shape index (κ3) is 2.95. The summed E-state index contributed by atoms with van der Waals surface area (Å²) < 4.78 is 12.9. The van der Waals surface area contributed by atoms with Gasteiger partial charge < -0.3 is 10.3 Å². The molecule has 0 fully saturated rings. The van der Waals surface area contributed by atoms with Crippen molar-refractivity contribution in [2.24, 2.45) is 0 Å². The molecule has 2 rings (SSSR count). The Balaban J connectivity index is 2.16. The topological polar surface area (TPSA) is 88.0 Å². The Kier molecular flexibility index (Phi) is 3.56. The monoisotopic (exact) mass is 263 g/mol. The largest absolute Gasteiger partial charge is 0.367 e. The molecule has 1 aromatic carbocycles. The van der Waals surface area contributed by atoms with E-state index in [0.29, 0.717) is 0 Å². The Hall–Kier alpha value is -2.70. The highest BCUT2D eigenvalue weighted by molar-refractivity contribution is 5.98. The molecule has 1 aromatic heterocycles. The van der Waals surface area contributed by atoms with Crippen molar-refractivity contribution in [1.82, 2.24) is 10.3 Å². The summed E-state index contributed by atoms with van der Waals surface area (Å²) in [6, 6.07) is 4.60. The average Bonchev–Trinajstić information content (AvgIpc) is 2.88. The van der Waals surface area contributed by atoms with E-state index in [1.807, 2.05) is 0 Å². The van der Waals surface area contributed by atoms with Crippen LogP contribution in [0.15, 0.2) is 36.7 Å². The summed E-state index contributed by atoms with van der Waals surface area (Å²) in [7, 11) is 0. The van der Waals surface area contributed by atoms with E-state index < -0.39 is 22.3 Å². The summed E-state index contributed by atoms with van der Waals surface area (Å²) in [6.45, 7) is 0.233. The predicted molar refractivity (Wildman–Crippen MR) is 65.0 cm³/mol. The first-order valence-electron chi connectivity index (χ1n) is 5.42. The first-order chi connectivity index (χ1) is 9.08. The number of rotatable bonds is 4. The van der Waals surface area contributed by atoms with Gasteiger partial charge in [0.2, 0.25) is 0 Å². The molecule has 2 N–H and O–H groups in total. The maximum atomic E-state index is 12.9. The van der Waals surface area contributed by atoms with Crippen LogP contribution in [0.25, 0.3) is 0 Å². The number of carbonyl (C=O) groups excluding carboxylic acids is 1. The lowest BCUT2D eigenvalue weighted by molar-refractivity contribution is -0.385. The van der Waals surface area contributed by atoms with Crippen LogP contribution in [0.2, 0.25) is 0 Å². The van der Waals surface area contributed by atoms with E-state index in [1.54, 1.807) is 18.5 Å².